The molecule has 1 aromatic heterocycles. The average molecular weight is 366 g/mol. The fourth-order valence-corrected chi connectivity index (χ4v) is 3.64. The summed E-state index contributed by atoms with van der Waals surface area (Å²) in [6.07, 6.45) is 1.39. The summed E-state index contributed by atoms with van der Waals surface area (Å²) in [5.74, 6) is 1.73. The number of aliphatic hydroxyl groups excluding tert-OH is 1. The minimum Gasteiger partial charge on any atom is -0.491 e. The average Bonchev–Trinajstić information content (AvgIpc) is 3.31. The van der Waals surface area contributed by atoms with Gasteiger partial charge >= 0.3 is 0 Å². The second-order valence-corrected chi connectivity index (χ2v) is 7.23. The molecule has 2 aromatic carbocycles. The van der Waals surface area contributed by atoms with E-state index in [1.54, 1.807) is 0 Å². The molecule has 1 aliphatic rings. The molecule has 1 N–H and O–H groups in total. The van der Waals surface area contributed by atoms with Crippen molar-refractivity contribution in [2.75, 3.05) is 13.2 Å². The van der Waals surface area contributed by atoms with Gasteiger partial charge in [-0.25, -0.2) is 4.98 Å². The monoisotopic (exact) mass is 366 g/mol. The fraction of sp³-hybridized carbons (Fsp3) is 0.409. The first-order valence-corrected chi connectivity index (χ1v) is 9.57. The number of aromatic nitrogens is 2. The number of fused-ring (bicyclic) bond motifs is 1. The van der Waals surface area contributed by atoms with E-state index in [0.29, 0.717) is 6.54 Å². The number of para-hydroxylation sites is 2. The van der Waals surface area contributed by atoms with Crippen molar-refractivity contribution in [2.24, 2.45) is 0 Å². The maximum Gasteiger partial charge on any atom is 0.139 e. The molecule has 0 spiro atoms. The number of aryl methyl sites for hydroxylation is 1. The molecule has 2 atom stereocenters. The summed E-state index contributed by atoms with van der Waals surface area (Å²) in [5.41, 5.74) is 4.25. The number of rotatable bonds is 6. The molecule has 27 heavy (non-hydrogen) atoms. The lowest BCUT2D eigenvalue weighted by Gasteiger charge is -2.18. The lowest BCUT2D eigenvalue weighted by Crippen LogP contribution is -2.25. The van der Waals surface area contributed by atoms with Crippen LogP contribution < -0.4 is 4.74 Å². The summed E-state index contributed by atoms with van der Waals surface area (Å²) in [7, 11) is 0. The topological polar surface area (TPSA) is 56.5 Å². The van der Waals surface area contributed by atoms with Crippen LogP contribution in [0.2, 0.25) is 0 Å². The maximum absolute atomic E-state index is 10.7. The van der Waals surface area contributed by atoms with Crippen molar-refractivity contribution < 1.29 is 14.6 Å². The van der Waals surface area contributed by atoms with Crippen molar-refractivity contribution in [3.8, 4) is 5.75 Å². The Hall–Kier alpha value is -2.37. The van der Waals surface area contributed by atoms with Crippen LogP contribution in [0.4, 0.5) is 0 Å². The molecule has 0 bridgehead atoms. The molecular weight excluding hydrogens is 340 g/mol. The zero-order valence-corrected chi connectivity index (χ0v) is 15.9. The first kappa shape index (κ1) is 18.0. The van der Waals surface area contributed by atoms with E-state index in [-0.39, 0.29) is 12.7 Å². The Morgan fingerprint density at radius 1 is 1.22 bits per heavy atom. The highest BCUT2D eigenvalue weighted by Crippen LogP contribution is 2.31. The lowest BCUT2D eigenvalue weighted by molar-refractivity contribution is 0.0804. The highest BCUT2D eigenvalue weighted by Gasteiger charge is 2.25. The van der Waals surface area contributed by atoms with Crippen molar-refractivity contribution in [1.82, 2.24) is 9.55 Å². The van der Waals surface area contributed by atoms with Crippen LogP contribution in [0.25, 0.3) is 11.0 Å². The minimum atomic E-state index is -0.636. The molecular formula is C22H26N2O3. The molecule has 2 heterocycles. The normalized spacial score (nSPS) is 18.1. The molecule has 1 aliphatic heterocycles. The second kappa shape index (κ2) is 7.71. The summed E-state index contributed by atoms with van der Waals surface area (Å²) in [4.78, 5) is 4.78. The SMILES string of the molecule is Cc1cccc(OCC(O)Cn2c(C3CCCO3)nc3ccccc32)c1C. The first-order valence-electron chi connectivity index (χ1n) is 9.57. The maximum atomic E-state index is 10.7. The Morgan fingerprint density at radius 2 is 2.07 bits per heavy atom. The second-order valence-electron chi connectivity index (χ2n) is 7.23. The Kier molecular flexibility index (Phi) is 5.14. The number of hydrogen-bond donors (Lipinski definition) is 1. The van der Waals surface area contributed by atoms with E-state index in [2.05, 4.69) is 17.6 Å². The molecule has 5 heteroatoms. The summed E-state index contributed by atoms with van der Waals surface area (Å²) in [6, 6.07) is 14.0. The quantitative estimate of drug-likeness (QED) is 0.718. The van der Waals surface area contributed by atoms with Gasteiger partial charge in [0, 0.05) is 6.61 Å². The predicted octanol–water partition coefficient (Wildman–Crippen LogP) is 3.94. The van der Waals surface area contributed by atoms with Gasteiger partial charge in [-0.3, -0.25) is 0 Å². The summed E-state index contributed by atoms with van der Waals surface area (Å²) in [5, 5.41) is 10.7. The Bertz CT molecular complexity index is 928. The smallest absolute Gasteiger partial charge is 0.139 e. The number of aliphatic hydroxyl groups is 1. The molecule has 0 saturated carbocycles. The molecule has 142 valence electrons. The molecule has 4 rings (SSSR count). The van der Waals surface area contributed by atoms with Crippen molar-refractivity contribution in [3.05, 3.63) is 59.4 Å². The van der Waals surface area contributed by atoms with Gasteiger partial charge in [0.2, 0.25) is 0 Å². The van der Waals surface area contributed by atoms with Gasteiger partial charge in [-0.2, -0.15) is 0 Å². The van der Waals surface area contributed by atoms with Gasteiger partial charge in [-0.15, -0.1) is 0 Å². The molecule has 1 fully saturated rings. The van der Waals surface area contributed by atoms with Crippen LogP contribution in [-0.4, -0.2) is 34.0 Å². The number of ether oxygens (including phenoxy) is 2. The number of imidazole rings is 1. The third-order valence-corrected chi connectivity index (χ3v) is 5.28. The molecule has 1 saturated heterocycles. The van der Waals surface area contributed by atoms with Crippen molar-refractivity contribution >= 4 is 11.0 Å². The first-order chi connectivity index (χ1) is 13.1. The van der Waals surface area contributed by atoms with Crippen LogP contribution in [0.3, 0.4) is 0 Å². The van der Waals surface area contributed by atoms with Crippen molar-refractivity contribution in [1.29, 1.82) is 0 Å². The molecule has 5 nitrogen and oxygen atoms in total. The van der Waals surface area contributed by atoms with E-state index in [4.69, 9.17) is 14.5 Å². The van der Waals surface area contributed by atoms with Gasteiger partial charge in [-0.1, -0.05) is 24.3 Å². The van der Waals surface area contributed by atoms with E-state index >= 15 is 0 Å². The van der Waals surface area contributed by atoms with Crippen LogP contribution in [0, 0.1) is 13.8 Å². The van der Waals surface area contributed by atoms with Gasteiger partial charge < -0.3 is 19.1 Å². The third-order valence-electron chi connectivity index (χ3n) is 5.28. The van der Waals surface area contributed by atoms with Crippen LogP contribution in [0.1, 0.15) is 35.9 Å². The van der Waals surface area contributed by atoms with Gasteiger partial charge in [0.25, 0.3) is 0 Å². The van der Waals surface area contributed by atoms with Crippen molar-refractivity contribution in [2.45, 2.75) is 45.4 Å². The number of hydrogen-bond acceptors (Lipinski definition) is 4. The van der Waals surface area contributed by atoms with E-state index in [9.17, 15) is 5.11 Å². The van der Waals surface area contributed by atoms with Gasteiger partial charge in [0.05, 0.1) is 17.6 Å². The van der Waals surface area contributed by atoms with Gasteiger partial charge in [0.1, 0.15) is 30.4 Å². The predicted molar refractivity (Wildman–Crippen MR) is 105 cm³/mol. The standard InChI is InChI=1S/C22H26N2O3/c1-15-7-5-10-20(16(15)2)27-14-17(25)13-24-19-9-4-3-8-18(19)23-22(24)21-11-6-12-26-21/h3-5,7-10,17,21,25H,6,11-14H2,1-2H3. The Labute approximate surface area is 159 Å². The highest BCUT2D eigenvalue weighted by molar-refractivity contribution is 5.76. The zero-order chi connectivity index (χ0) is 18.8. The van der Waals surface area contributed by atoms with Crippen LogP contribution in [0.5, 0.6) is 5.75 Å². The van der Waals surface area contributed by atoms with Gasteiger partial charge in [0.15, 0.2) is 0 Å². The highest BCUT2D eigenvalue weighted by atomic mass is 16.5. The van der Waals surface area contributed by atoms with E-state index < -0.39 is 6.10 Å². The Morgan fingerprint density at radius 3 is 2.89 bits per heavy atom. The molecule has 0 aliphatic carbocycles. The molecule has 3 aromatic rings. The number of nitrogens with zero attached hydrogens (tertiary/aromatic N) is 2. The van der Waals surface area contributed by atoms with E-state index in [1.807, 2.05) is 43.3 Å². The Balaban J connectivity index is 1.53. The third kappa shape index (κ3) is 3.70. The van der Waals surface area contributed by atoms with E-state index in [0.717, 1.165) is 47.6 Å². The summed E-state index contributed by atoms with van der Waals surface area (Å²) < 4.78 is 13.8. The van der Waals surface area contributed by atoms with Crippen LogP contribution >= 0.6 is 0 Å². The lowest BCUT2D eigenvalue weighted by atomic mass is 10.1. The zero-order valence-electron chi connectivity index (χ0n) is 15.9. The van der Waals surface area contributed by atoms with E-state index in [1.165, 1.54) is 5.56 Å². The van der Waals surface area contributed by atoms with Crippen molar-refractivity contribution in [3.63, 3.8) is 0 Å². The van der Waals surface area contributed by atoms with Crippen LogP contribution in [-0.2, 0) is 11.3 Å². The van der Waals surface area contributed by atoms with Gasteiger partial charge in [-0.05, 0) is 56.0 Å². The minimum absolute atomic E-state index is 0.00420. The fourth-order valence-electron chi connectivity index (χ4n) is 3.64. The summed E-state index contributed by atoms with van der Waals surface area (Å²) >= 11 is 0. The largest absolute Gasteiger partial charge is 0.491 e. The molecule has 0 amide bonds. The molecule has 2 unspecified atom stereocenters. The number of benzene rings is 2. The molecule has 0 radical (unpaired) electrons. The summed E-state index contributed by atoms with van der Waals surface area (Å²) in [6.45, 7) is 5.54. The van der Waals surface area contributed by atoms with Crippen LogP contribution in [0.15, 0.2) is 42.5 Å².